The van der Waals surface area contributed by atoms with Crippen LogP contribution in [0.2, 0.25) is 0 Å². The number of aryl methyl sites for hydroxylation is 1. The third-order valence-electron chi connectivity index (χ3n) is 6.00. The number of benzene rings is 2. The van der Waals surface area contributed by atoms with Crippen molar-refractivity contribution in [3.63, 3.8) is 0 Å². The number of aliphatic hydroxyl groups excluding tert-OH is 1. The van der Waals surface area contributed by atoms with E-state index in [1.807, 2.05) is 13.0 Å². The van der Waals surface area contributed by atoms with Crippen molar-refractivity contribution in [2.24, 2.45) is 0 Å². The molecule has 4 rings (SSSR count). The zero-order valence-electron chi connectivity index (χ0n) is 20.6. The first-order chi connectivity index (χ1) is 17.9. The van der Waals surface area contributed by atoms with Crippen molar-refractivity contribution in [2.45, 2.75) is 19.5 Å². The van der Waals surface area contributed by atoms with E-state index in [2.05, 4.69) is 18.1 Å². The molecule has 1 atom stereocenters. The molecular formula is C30H28N2O5. The second-order valence-corrected chi connectivity index (χ2v) is 8.53. The summed E-state index contributed by atoms with van der Waals surface area (Å²) in [5.41, 5.74) is 2.60. The van der Waals surface area contributed by atoms with Gasteiger partial charge in [0.1, 0.15) is 30.5 Å². The molecule has 37 heavy (non-hydrogen) atoms. The Balaban J connectivity index is 1.80. The Morgan fingerprint density at radius 1 is 1.03 bits per heavy atom. The van der Waals surface area contributed by atoms with Crippen molar-refractivity contribution in [1.29, 1.82) is 0 Å². The van der Waals surface area contributed by atoms with Crippen LogP contribution in [0.15, 0.2) is 97.9 Å². The number of pyridine rings is 1. The van der Waals surface area contributed by atoms with Gasteiger partial charge in [0.2, 0.25) is 0 Å². The lowest BCUT2D eigenvalue weighted by Crippen LogP contribution is -2.29. The molecule has 1 fully saturated rings. The SMILES string of the molecule is C=CCOc1ccc([C@H]2C(=C(O)c3ccc(OCC=C)cc3C)C(=O)C(=O)N2Cc2cccnc2)cc1. The topological polar surface area (TPSA) is 89.0 Å². The highest BCUT2D eigenvalue weighted by atomic mass is 16.5. The Morgan fingerprint density at radius 3 is 2.32 bits per heavy atom. The summed E-state index contributed by atoms with van der Waals surface area (Å²) in [6, 6.07) is 15.1. The zero-order valence-corrected chi connectivity index (χ0v) is 20.6. The number of likely N-dealkylation sites (tertiary alicyclic amines) is 1. The smallest absolute Gasteiger partial charge is 0.295 e. The molecule has 2 heterocycles. The van der Waals surface area contributed by atoms with E-state index in [1.165, 1.54) is 4.90 Å². The van der Waals surface area contributed by atoms with Crippen LogP contribution in [0.1, 0.15) is 28.3 Å². The van der Waals surface area contributed by atoms with Crippen molar-refractivity contribution in [3.05, 3.63) is 120 Å². The number of hydrogen-bond acceptors (Lipinski definition) is 6. The van der Waals surface area contributed by atoms with E-state index in [1.54, 1.807) is 73.1 Å². The molecule has 7 heteroatoms. The molecule has 7 nitrogen and oxygen atoms in total. The van der Waals surface area contributed by atoms with E-state index >= 15 is 0 Å². The average molecular weight is 497 g/mol. The number of carbonyl (C=O) groups excluding carboxylic acids is 2. The van der Waals surface area contributed by atoms with E-state index in [0.29, 0.717) is 41.4 Å². The number of hydrogen-bond donors (Lipinski definition) is 1. The lowest BCUT2D eigenvalue weighted by atomic mass is 9.93. The first kappa shape index (κ1) is 25.4. The molecule has 1 N–H and O–H groups in total. The minimum absolute atomic E-state index is 0.0245. The standard InChI is InChI=1S/C30H28N2O5/c1-4-15-36-23-10-8-22(9-11-23)27-26(28(33)25-13-12-24(17-20(25)3)37-16-5-2)29(34)30(35)32(27)19-21-7-6-14-31-18-21/h4-14,17-18,27,33H,1-2,15-16,19H2,3H3/t27-/m0/s1. The maximum absolute atomic E-state index is 13.3. The molecule has 2 aromatic carbocycles. The monoisotopic (exact) mass is 496 g/mol. The van der Waals surface area contributed by atoms with Gasteiger partial charge in [0.05, 0.1) is 11.6 Å². The van der Waals surface area contributed by atoms with E-state index < -0.39 is 17.7 Å². The summed E-state index contributed by atoms with van der Waals surface area (Å²) in [5, 5.41) is 11.4. The molecule has 0 radical (unpaired) electrons. The number of ether oxygens (including phenoxy) is 2. The Bertz CT molecular complexity index is 1350. The summed E-state index contributed by atoms with van der Waals surface area (Å²) in [4.78, 5) is 32.2. The van der Waals surface area contributed by atoms with Gasteiger partial charge >= 0.3 is 0 Å². The number of nitrogens with zero attached hydrogens (tertiary/aromatic N) is 2. The van der Waals surface area contributed by atoms with Crippen LogP contribution in [-0.4, -0.2) is 39.9 Å². The summed E-state index contributed by atoms with van der Waals surface area (Å²) in [7, 11) is 0. The number of aliphatic hydroxyl groups is 1. The van der Waals surface area contributed by atoms with Crippen molar-refractivity contribution >= 4 is 17.4 Å². The van der Waals surface area contributed by atoms with Crippen LogP contribution in [0.3, 0.4) is 0 Å². The number of aromatic nitrogens is 1. The number of amides is 1. The van der Waals surface area contributed by atoms with Crippen LogP contribution in [0, 0.1) is 6.92 Å². The van der Waals surface area contributed by atoms with Crippen LogP contribution < -0.4 is 9.47 Å². The highest BCUT2D eigenvalue weighted by Crippen LogP contribution is 2.41. The van der Waals surface area contributed by atoms with Crippen LogP contribution in [0.25, 0.3) is 5.76 Å². The quantitative estimate of drug-likeness (QED) is 0.181. The largest absolute Gasteiger partial charge is 0.507 e. The third kappa shape index (κ3) is 5.46. The van der Waals surface area contributed by atoms with Gasteiger partial charge in [-0.05, 0) is 60.0 Å². The highest BCUT2D eigenvalue weighted by molar-refractivity contribution is 6.46. The van der Waals surface area contributed by atoms with E-state index in [0.717, 1.165) is 5.56 Å². The summed E-state index contributed by atoms with van der Waals surface area (Å²) < 4.78 is 11.2. The highest BCUT2D eigenvalue weighted by Gasteiger charge is 2.46. The second kappa shape index (κ2) is 11.4. The fourth-order valence-electron chi connectivity index (χ4n) is 4.27. The minimum atomic E-state index is -0.801. The van der Waals surface area contributed by atoms with E-state index in [9.17, 15) is 14.7 Å². The summed E-state index contributed by atoms with van der Waals surface area (Å²) in [6.45, 7) is 9.95. The first-order valence-corrected chi connectivity index (χ1v) is 11.8. The van der Waals surface area contributed by atoms with Gasteiger partial charge in [-0.1, -0.05) is 43.5 Å². The van der Waals surface area contributed by atoms with Crippen LogP contribution in [0.5, 0.6) is 11.5 Å². The van der Waals surface area contributed by atoms with Crippen molar-refractivity contribution < 1.29 is 24.2 Å². The van der Waals surface area contributed by atoms with Crippen LogP contribution >= 0.6 is 0 Å². The Kier molecular flexibility index (Phi) is 7.83. The van der Waals surface area contributed by atoms with Gasteiger partial charge < -0.3 is 19.5 Å². The first-order valence-electron chi connectivity index (χ1n) is 11.8. The van der Waals surface area contributed by atoms with Crippen molar-refractivity contribution in [2.75, 3.05) is 13.2 Å². The second-order valence-electron chi connectivity index (χ2n) is 8.53. The third-order valence-corrected chi connectivity index (χ3v) is 6.00. The van der Waals surface area contributed by atoms with E-state index in [-0.39, 0.29) is 17.9 Å². The van der Waals surface area contributed by atoms with E-state index in [4.69, 9.17) is 9.47 Å². The maximum atomic E-state index is 13.3. The Morgan fingerprint density at radius 2 is 1.70 bits per heavy atom. The molecule has 1 aromatic heterocycles. The summed E-state index contributed by atoms with van der Waals surface area (Å²) in [5.74, 6) is -0.441. The number of Topliss-reactive ketones (excluding diaryl/α,β-unsaturated/α-hetero) is 1. The number of ketones is 1. The molecule has 0 bridgehead atoms. The molecule has 188 valence electrons. The minimum Gasteiger partial charge on any atom is -0.507 e. The van der Waals surface area contributed by atoms with Gasteiger partial charge in [-0.25, -0.2) is 0 Å². The lowest BCUT2D eigenvalue weighted by molar-refractivity contribution is -0.140. The fourth-order valence-corrected chi connectivity index (χ4v) is 4.27. The molecule has 1 aliphatic heterocycles. The number of rotatable bonds is 10. The molecule has 1 amide bonds. The Hall–Kier alpha value is -4.65. The predicted octanol–water partition coefficient (Wildman–Crippen LogP) is 5.14. The van der Waals surface area contributed by atoms with Crippen LogP contribution in [0.4, 0.5) is 0 Å². The predicted molar refractivity (Wildman–Crippen MR) is 141 cm³/mol. The number of carbonyl (C=O) groups is 2. The fraction of sp³-hybridized carbons (Fsp3) is 0.167. The molecule has 0 aliphatic carbocycles. The van der Waals surface area contributed by atoms with Gasteiger partial charge in [-0.15, -0.1) is 0 Å². The summed E-state index contributed by atoms with van der Waals surface area (Å²) >= 11 is 0. The van der Waals surface area contributed by atoms with Gasteiger partial charge in [-0.3, -0.25) is 14.6 Å². The average Bonchev–Trinajstić information content (AvgIpc) is 3.16. The van der Waals surface area contributed by atoms with Crippen LogP contribution in [-0.2, 0) is 16.1 Å². The van der Waals surface area contributed by atoms with Gasteiger partial charge in [0.25, 0.3) is 11.7 Å². The molecule has 1 aliphatic rings. The molecule has 3 aromatic rings. The normalized spacial score (nSPS) is 16.5. The van der Waals surface area contributed by atoms with Gasteiger partial charge in [0.15, 0.2) is 0 Å². The molecule has 0 saturated carbocycles. The van der Waals surface area contributed by atoms with Crippen molar-refractivity contribution in [1.82, 2.24) is 9.88 Å². The zero-order chi connectivity index (χ0) is 26.4. The Labute approximate surface area is 216 Å². The van der Waals surface area contributed by atoms with Crippen molar-refractivity contribution in [3.8, 4) is 11.5 Å². The lowest BCUT2D eigenvalue weighted by Gasteiger charge is -2.25. The molecule has 0 unspecified atom stereocenters. The maximum Gasteiger partial charge on any atom is 0.295 e. The molecule has 1 saturated heterocycles. The molecule has 0 spiro atoms. The van der Waals surface area contributed by atoms with Gasteiger partial charge in [0, 0.05) is 24.5 Å². The summed E-state index contributed by atoms with van der Waals surface area (Å²) in [6.07, 6.45) is 6.57. The molecular weight excluding hydrogens is 468 g/mol. The van der Waals surface area contributed by atoms with Gasteiger partial charge in [-0.2, -0.15) is 0 Å².